The summed E-state index contributed by atoms with van der Waals surface area (Å²) in [6.45, 7) is 5.36. The normalized spacial score (nSPS) is 14.7. The number of nitrogens with zero attached hydrogens (tertiary/aromatic N) is 3. The van der Waals surface area contributed by atoms with Crippen LogP contribution in [0.3, 0.4) is 0 Å². The van der Waals surface area contributed by atoms with Crippen molar-refractivity contribution < 1.29 is 9.18 Å². The maximum Gasteiger partial charge on any atom is 0.257 e. The van der Waals surface area contributed by atoms with E-state index in [1.54, 1.807) is 16.8 Å². The quantitative estimate of drug-likeness (QED) is 0.852. The number of amides is 1. The summed E-state index contributed by atoms with van der Waals surface area (Å²) in [5, 5.41) is 4.45. The Kier molecular flexibility index (Phi) is 3.49. The molecule has 110 valence electrons. The molecular weight excluding hydrogens is 269 g/mol. The third kappa shape index (κ3) is 2.44. The average Bonchev–Trinajstić information content (AvgIpc) is 3.08. The number of carbonyl (C=O) groups excluding carboxylic acids is 1. The molecule has 0 unspecified atom stereocenters. The molecule has 0 aliphatic carbocycles. The molecule has 1 aliphatic heterocycles. The summed E-state index contributed by atoms with van der Waals surface area (Å²) in [6, 6.07) is 6.12. The maximum atomic E-state index is 13.0. The Balaban J connectivity index is 1.99. The molecule has 1 aromatic carbocycles. The number of rotatable bonds is 2. The highest BCUT2D eigenvalue weighted by Gasteiger charge is 2.25. The molecule has 2 heterocycles. The van der Waals surface area contributed by atoms with Gasteiger partial charge in [0.05, 0.1) is 22.6 Å². The van der Waals surface area contributed by atoms with E-state index >= 15 is 0 Å². The summed E-state index contributed by atoms with van der Waals surface area (Å²) in [4.78, 5) is 14.5. The van der Waals surface area contributed by atoms with Crippen LogP contribution in [0.1, 0.15) is 34.6 Å². The third-order valence-electron chi connectivity index (χ3n) is 3.97. The van der Waals surface area contributed by atoms with Gasteiger partial charge in [0.15, 0.2) is 0 Å². The monoisotopic (exact) mass is 287 g/mol. The number of benzene rings is 1. The van der Waals surface area contributed by atoms with Crippen molar-refractivity contribution in [2.45, 2.75) is 26.7 Å². The highest BCUT2D eigenvalue weighted by molar-refractivity contribution is 5.96. The lowest BCUT2D eigenvalue weighted by molar-refractivity contribution is 0.0791. The summed E-state index contributed by atoms with van der Waals surface area (Å²) in [5.41, 5.74) is 2.95. The van der Waals surface area contributed by atoms with E-state index in [4.69, 9.17) is 0 Å². The highest BCUT2D eigenvalue weighted by Crippen LogP contribution is 2.21. The van der Waals surface area contributed by atoms with Crippen LogP contribution < -0.4 is 0 Å². The van der Waals surface area contributed by atoms with Crippen LogP contribution in [0, 0.1) is 19.7 Å². The summed E-state index contributed by atoms with van der Waals surface area (Å²) < 4.78 is 14.7. The number of carbonyl (C=O) groups is 1. The van der Waals surface area contributed by atoms with Gasteiger partial charge in [-0.1, -0.05) is 0 Å². The van der Waals surface area contributed by atoms with Crippen LogP contribution in [0.15, 0.2) is 24.3 Å². The van der Waals surface area contributed by atoms with Crippen LogP contribution in [0.5, 0.6) is 0 Å². The van der Waals surface area contributed by atoms with Crippen LogP contribution >= 0.6 is 0 Å². The largest absolute Gasteiger partial charge is 0.339 e. The van der Waals surface area contributed by atoms with Gasteiger partial charge in [0.25, 0.3) is 5.91 Å². The standard InChI is InChI=1S/C16H18FN3O/c1-11-15(16(21)19-9-3-4-10-19)12(2)20(18-11)14-7-5-13(17)6-8-14/h5-8H,3-4,9-10H2,1-2H3. The van der Waals surface area contributed by atoms with Crippen LogP contribution in [0.4, 0.5) is 4.39 Å². The van der Waals surface area contributed by atoms with E-state index < -0.39 is 0 Å². The van der Waals surface area contributed by atoms with Crippen LogP contribution in [-0.2, 0) is 0 Å². The van der Waals surface area contributed by atoms with Crippen molar-refractivity contribution in [3.63, 3.8) is 0 Å². The molecular formula is C16H18FN3O. The second-order valence-corrected chi connectivity index (χ2v) is 5.43. The van der Waals surface area contributed by atoms with Crippen molar-refractivity contribution in [2.24, 2.45) is 0 Å². The number of hydrogen-bond acceptors (Lipinski definition) is 2. The Morgan fingerprint density at radius 2 is 1.76 bits per heavy atom. The number of aryl methyl sites for hydroxylation is 1. The van der Waals surface area contributed by atoms with Crippen LogP contribution in [0.2, 0.25) is 0 Å². The van der Waals surface area contributed by atoms with Gasteiger partial charge in [0.2, 0.25) is 0 Å². The first-order chi connectivity index (χ1) is 10.1. The fourth-order valence-electron chi connectivity index (χ4n) is 2.86. The highest BCUT2D eigenvalue weighted by atomic mass is 19.1. The van der Waals surface area contributed by atoms with E-state index in [2.05, 4.69) is 5.10 Å². The molecule has 0 saturated carbocycles. The summed E-state index contributed by atoms with van der Waals surface area (Å²) in [5.74, 6) is -0.232. The van der Waals surface area contributed by atoms with E-state index in [0.717, 1.165) is 37.3 Å². The molecule has 5 heteroatoms. The molecule has 4 nitrogen and oxygen atoms in total. The summed E-state index contributed by atoms with van der Waals surface area (Å²) in [6.07, 6.45) is 2.13. The average molecular weight is 287 g/mol. The van der Waals surface area contributed by atoms with E-state index in [-0.39, 0.29) is 11.7 Å². The van der Waals surface area contributed by atoms with Gasteiger partial charge in [-0.25, -0.2) is 9.07 Å². The topological polar surface area (TPSA) is 38.1 Å². The zero-order chi connectivity index (χ0) is 15.0. The molecule has 0 radical (unpaired) electrons. The smallest absolute Gasteiger partial charge is 0.257 e. The Bertz CT molecular complexity index is 670. The molecule has 1 aromatic heterocycles. The molecule has 0 atom stereocenters. The lowest BCUT2D eigenvalue weighted by Gasteiger charge is -2.15. The molecule has 1 amide bonds. The number of aromatic nitrogens is 2. The molecule has 2 aromatic rings. The van der Waals surface area contributed by atoms with Gasteiger partial charge in [-0.05, 0) is 51.0 Å². The first-order valence-corrected chi connectivity index (χ1v) is 7.19. The van der Waals surface area contributed by atoms with Gasteiger partial charge in [-0.2, -0.15) is 5.10 Å². The van der Waals surface area contributed by atoms with E-state index in [1.807, 2.05) is 18.7 Å². The second kappa shape index (κ2) is 5.31. The van der Waals surface area contributed by atoms with E-state index in [1.165, 1.54) is 12.1 Å². The Hall–Kier alpha value is -2.17. The molecule has 3 rings (SSSR count). The molecule has 0 spiro atoms. The fraction of sp³-hybridized carbons (Fsp3) is 0.375. The van der Waals surface area contributed by atoms with Crippen LogP contribution in [-0.4, -0.2) is 33.7 Å². The number of halogens is 1. The summed E-state index contributed by atoms with van der Waals surface area (Å²) in [7, 11) is 0. The number of likely N-dealkylation sites (tertiary alicyclic amines) is 1. The molecule has 1 aliphatic rings. The Morgan fingerprint density at radius 1 is 1.14 bits per heavy atom. The minimum Gasteiger partial charge on any atom is -0.339 e. The number of hydrogen-bond donors (Lipinski definition) is 0. The third-order valence-corrected chi connectivity index (χ3v) is 3.97. The van der Waals surface area contributed by atoms with Crippen molar-refractivity contribution in [3.8, 4) is 5.69 Å². The molecule has 1 fully saturated rings. The van der Waals surface area contributed by atoms with Gasteiger partial charge in [0.1, 0.15) is 5.82 Å². The second-order valence-electron chi connectivity index (χ2n) is 5.43. The van der Waals surface area contributed by atoms with Gasteiger partial charge < -0.3 is 4.90 Å². The SMILES string of the molecule is Cc1nn(-c2ccc(F)cc2)c(C)c1C(=O)N1CCCC1. The first-order valence-electron chi connectivity index (χ1n) is 7.19. The van der Waals surface area contributed by atoms with E-state index in [0.29, 0.717) is 11.3 Å². The van der Waals surface area contributed by atoms with Crippen molar-refractivity contribution >= 4 is 5.91 Å². The Morgan fingerprint density at radius 3 is 2.38 bits per heavy atom. The zero-order valence-corrected chi connectivity index (χ0v) is 12.3. The minimum atomic E-state index is -0.284. The van der Waals surface area contributed by atoms with Crippen molar-refractivity contribution in [3.05, 3.63) is 47.0 Å². The zero-order valence-electron chi connectivity index (χ0n) is 12.3. The van der Waals surface area contributed by atoms with E-state index in [9.17, 15) is 9.18 Å². The van der Waals surface area contributed by atoms with Crippen LogP contribution in [0.25, 0.3) is 5.69 Å². The van der Waals surface area contributed by atoms with Crippen molar-refractivity contribution in [1.82, 2.24) is 14.7 Å². The predicted octanol–water partition coefficient (Wildman–Crippen LogP) is 2.86. The van der Waals surface area contributed by atoms with Gasteiger partial charge in [0, 0.05) is 13.1 Å². The molecule has 0 N–H and O–H groups in total. The molecule has 21 heavy (non-hydrogen) atoms. The van der Waals surface area contributed by atoms with Crippen molar-refractivity contribution in [2.75, 3.05) is 13.1 Å². The molecule has 0 bridgehead atoms. The molecule has 1 saturated heterocycles. The predicted molar refractivity (Wildman–Crippen MR) is 78.1 cm³/mol. The van der Waals surface area contributed by atoms with Gasteiger partial charge in [-0.3, -0.25) is 4.79 Å². The Labute approximate surface area is 123 Å². The summed E-state index contributed by atoms with van der Waals surface area (Å²) >= 11 is 0. The fourth-order valence-corrected chi connectivity index (χ4v) is 2.86. The minimum absolute atomic E-state index is 0.0517. The van der Waals surface area contributed by atoms with Gasteiger partial charge >= 0.3 is 0 Å². The maximum absolute atomic E-state index is 13.0. The first kappa shape index (κ1) is 13.8. The van der Waals surface area contributed by atoms with Crippen molar-refractivity contribution in [1.29, 1.82) is 0 Å². The van der Waals surface area contributed by atoms with Gasteiger partial charge in [-0.15, -0.1) is 0 Å². The lowest BCUT2D eigenvalue weighted by atomic mass is 10.1. The lowest BCUT2D eigenvalue weighted by Crippen LogP contribution is -2.28.